The van der Waals surface area contributed by atoms with Crippen molar-refractivity contribution in [2.75, 3.05) is 13.2 Å². The van der Waals surface area contributed by atoms with Crippen LogP contribution in [-0.4, -0.2) is 29.3 Å². The summed E-state index contributed by atoms with van der Waals surface area (Å²) in [6.07, 6.45) is 6.25. The highest BCUT2D eigenvalue weighted by molar-refractivity contribution is 5.89. The molecule has 5 heteroatoms. The number of phenols is 1. The third kappa shape index (κ3) is 3.40. The summed E-state index contributed by atoms with van der Waals surface area (Å²) in [5, 5.41) is 18.7. The van der Waals surface area contributed by atoms with E-state index in [-0.39, 0.29) is 17.9 Å². The van der Waals surface area contributed by atoms with Crippen molar-refractivity contribution in [3.63, 3.8) is 0 Å². The first-order valence-electron chi connectivity index (χ1n) is 5.45. The minimum absolute atomic E-state index is 0.0120. The number of terminal acetylenes is 1. The van der Waals surface area contributed by atoms with Gasteiger partial charge in [0.25, 0.3) is 0 Å². The van der Waals surface area contributed by atoms with Crippen molar-refractivity contribution in [1.29, 1.82) is 0 Å². The highest BCUT2D eigenvalue weighted by Crippen LogP contribution is 2.31. The van der Waals surface area contributed by atoms with Gasteiger partial charge in [0.15, 0.2) is 0 Å². The first kappa shape index (κ1) is 13.9. The zero-order valence-corrected chi connectivity index (χ0v) is 9.85. The van der Waals surface area contributed by atoms with Gasteiger partial charge >= 0.3 is 5.97 Å². The average molecular weight is 249 g/mol. The zero-order chi connectivity index (χ0) is 13.5. The lowest BCUT2D eigenvalue weighted by molar-refractivity contribution is 0.0696. The van der Waals surface area contributed by atoms with Crippen LogP contribution >= 0.6 is 0 Å². The number of carboxylic acids is 1. The van der Waals surface area contributed by atoms with Crippen molar-refractivity contribution >= 4 is 5.97 Å². The first-order chi connectivity index (χ1) is 8.60. The quantitative estimate of drug-likeness (QED) is 0.654. The smallest absolute Gasteiger partial charge is 0.335 e. The van der Waals surface area contributed by atoms with Crippen LogP contribution in [0.2, 0.25) is 0 Å². The van der Waals surface area contributed by atoms with Gasteiger partial charge in [-0.25, -0.2) is 4.79 Å². The number of aromatic hydroxyl groups is 1. The standard InChI is InChI=1S/C13H15NO4/c1-2-6-18-12-8-9(13(16)17)7-11(15)10(12)4-3-5-14/h1,7-8,15H,3-6,14H2,(H,16,17). The molecule has 1 aromatic rings. The van der Waals surface area contributed by atoms with E-state index < -0.39 is 5.97 Å². The molecule has 1 rings (SSSR count). The topological polar surface area (TPSA) is 92.8 Å². The molecule has 0 unspecified atom stereocenters. The number of aromatic carboxylic acids is 1. The Morgan fingerprint density at radius 3 is 2.78 bits per heavy atom. The number of nitrogens with two attached hydrogens (primary N) is 1. The van der Waals surface area contributed by atoms with E-state index in [1.807, 2.05) is 0 Å². The van der Waals surface area contributed by atoms with Gasteiger partial charge in [-0.1, -0.05) is 5.92 Å². The van der Waals surface area contributed by atoms with E-state index >= 15 is 0 Å². The second-order valence-corrected chi connectivity index (χ2v) is 3.66. The molecule has 0 amide bonds. The average Bonchev–Trinajstić information content (AvgIpc) is 2.34. The van der Waals surface area contributed by atoms with Crippen LogP contribution in [0.15, 0.2) is 12.1 Å². The zero-order valence-electron chi connectivity index (χ0n) is 9.85. The van der Waals surface area contributed by atoms with Crippen LogP contribution in [0.3, 0.4) is 0 Å². The molecule has 0 heterocycles. The Kier molecular flexibility index (Phi) is 5.03. The van der Waals surface area contributed by atoms with Gasteiger partial charge < -0.3 is 20.7 Å². The molecule has 18 heavy (non-hydrogen) atoms. The molecule has 0 fully saturated rings. The van der Waals surface area contributed by atoms with Crippen LogP contribution < -0.4 is 10.5 Å². The lowest BCUT2D eigenvalue weighted by Crippen LogP contribution is -2.05. The number of phenolic OH excluding ortho intramolecular Hbond substituents is 1. The van der Waals surface area contributed by atoms with Crippen LogP contribution in [0.25, 0.3) is 0 Å². The van der Waals surface area contributed by atoms with E-state index in [9.17, 15) is 9.90 Å². The molecule has 0 saturated carbocycles. The summed E-state index contributed by atoms with van der Waals surface area (Å²) in [6.45, 7) is 0.479. The summed E-state index contributed by atoms with van der Waals surface area (Å²) >= 11 is 0. The van der Waals surface area contributed by atoms with Crippen molar-refractivity contribution in [2.45, 2.75) is 12.8 Å². The maximum atomic E-state index is 10.9. The summed E-state index contributed by atoms with van der Waals surface area (Å²) in [5.41, 5.74) is 5.89. The largest absolute Gasteiger partial charge is 0.508 e. The molecule has 0 saturated heterocycles. The normalized spacial score (nSPS) is 9.78. The fraction of sp³-hybridized carbons (Fsp3) is 0.308. The van der Waals surface area contributed by atoms with Crippen LogP contribution in [0.1, 0.15) is 22.3 Å². The molecular weight excluding hydrogens is 234 g/mol. The predicted molar refractivity (Wildman–Crippen MR) is 66.8 cm³/mol. The van der Waals surface area contributed by atoms with Crippen molar-refractivity contribution in [1.82, 2.24) is 0 Å². The molecule has 1 aromatic carbocycles. The summed E-state index contributed by atoms with van der Waals surface area (Å²) < 4.78 is 5.25. The monoisotopic (exact) mass is 249 g/mol. The number of benzene rings is 1. The molecule has 0 radical (unpaired) electrons. The van der Waals surface area contributed by atoms with Gasteiger partial charge in [0.1, 0.15) is 18.1 Å². The van der Waals surface area contributed by atoms with Crippen molar-refractivity contribution in [3.05, 3.63) is 23.3 Å². The van der Waals surface area contributed by atoms with Gasteiger partial charge in [0.05, 0.1) is 5.56 Å². The molecular formula is C13H15NO4. The summed E-state index contributed by atoms with van der Waals surface area (Å²) in [4.78, 5) is 10.9. The highest BCUT2D eigenvalue weighted by Gasteiger charge is 2.14. The van der Waals surface area contributed by atoms with Crippen molar-refractivity contribution < 1.29 is 19.7 Å². The van der Waals surface area contributed by atoms with E-state index in [1.54, 1.807) is 0 Å². The van der Waals surface area contributed by atoms with E-state index in [4.69, 9.17) is 22.0 Å². The Balaban J connectivity index is 3.13. The maximum absolute atomic E-state index is 10.9. The highest BCUT2D eigenvalue weighted by atomic mass is 16.5. The number of hydrogen-bond donors (Lipinski definition) is 3. The summed E-state index contributed by atoms with van der Waals surface area (Å²) in [6, 6.07) is 2.54. The van der Waals surface area contributed by atoms with E-state index in [2.05, 4.69) is 5.92 Å². The van der Waals surface area contributed by atoms with Gasteiger partial charge in [0, 0.05) is 5.56 Å². The Morgan fingerprint density at radius 1 is 1.50 bits per heavy atom. The van der Waals surface area contributed by atoms with Crippen LogP contribution in [0.4, 0.5) is 0 Å². The third-order valence-electron chi connectivity index (χ3n) is 2.37. The Bertz CT molecular complexity index is 477. The maximum Gasteiger partial charge on any atom is 0.335 e. The van der Waals surface area contributed by atoms with Crippen LogP contribution in [-0.2, 0) is 6.42 Å². The van der Waals surface area contributed by atoms with Crippen molar-refractivity contribution in [2.24, 2.45) is 5.73 Å². The molecule has 0 aliphatic rings. The number of rotatable bonds is 6. The minimum atomic E-state index is -1.14. The number of ether oxygens (including phenoxy) is 1. The van der Waals surface area contributed by atoms with Crippen LogP contribution in [0, 0.1) is 12.3 Å². The predicted octanol–water partition coefficient (Wildman–Crippen LogP) is 0.994. The molecule has 0 atom stereocenters. The lowest BCUT2D eigenvalue weighted by Gasteiger charge is -2.12. The minimum Gasteiger partial charge on any atom is -0.508 e. The van der Waals surface area contributed by atoms with Gasteiger partial charge in [-0.2, -0.15) is 0 Å². The first-order valence-corrected chi connectivity index (χ1v) is 5.45. The van der Waals surface area contributed by atoms with Crippen molar-refractivity contribution in [3.8, 4) is 23.8 Å². The number of carboxylic acid groups (broad SMARTS) is 1. The Hall–Kier alpha value is -2.19. The summed E-state index contributed by atoms with van der Waals surface area (Å²) in [7, 11) is 0. The second-order valence-electron chi connectivity index (χ2n) is 3.66. The molecule has 0 bridgehead atoms. The second kappa shape index (κ2) is 6.52. The SMILES string of the molecule is C#CCOc1cc(C(=O)O)cc(O)c1CCCN. The molecule has 0 aromatic heterocycles. The van der Waals surface area contributed by atoms with Crippen LogP contribution in [0.5, 0.6) is 11.5 Å². The number of hydrogen-bond acceptors (Lipinski definition) is 4. The third-order valence-corrected chi connectivity index (χ3v) is 2.37. The molecule has 4 N–H and O–H groups in total. The fourth-order valence-corrected chi connectivity index (χ4v) is 1.53. The van der Waals surface area contributed by atoms with E-state index in [0.717, 1.165) is 0 Å². The van der Waals surface area contributed by atoms with E-state index in [1.165, 1.54) is 12.1 Å². The molecule has 0 spiro atoms. The molecule has 0 aliphatic heterocycles. The molecule has 0 aliphatic carbocycles. The van der Waals surface area contributed by atoms with Gasteiger partial charge in [0.2, 0.25) is 0 Å². The van der Waals surface area contributed by atoms with Gasteiger partial charge in [-0.05, 0) is 31.5 Å². The number of carbonyl (C=O) groups is 1. The fourth-order valence-electron chi connectivity index (χ4n) is 1.53. The Morgan fingerprint density at radius 2 is 2.22 bits per heavy atom. The van der Waals surface area contributed by atoms with Gasteiger partial charge in [-0.15, -0.1) is 6.42 Å². The summed E-state index contributed by atoms with van der Waals surface area (Å²) in [5.74, 6) is 1.33. The van der Waals surface area contributed by atoms with E-state index in [0.29, 0.717) is 30.7 Å². The Labute approximate surface area is 105 Å². The van der Waals surface area contributed by atoms with Gasteiger partial charge in [-0.3, -0.25) is 0 Å². The lowest BCUT2D eigenvalue weighted by atomic mass is 10.0. The molecule has 5 nitrogen and oxygen atoms in total. The molecule has 96 valence electrons.